The monoisotopic (exact) mass is 486 g/mol. The van der Waals surface area contributed by atoms with Crippen LogP contribution in [0.25, 0.3) is 0 Å². The topological polar surface area (TPSA) is 88.1 Å². The van der Waals surface area contributed by atoms with E-state index in [1.54, 1.807) is 42.5 Å². The Balaban J connectivity index is 1.76. The number of rotatable bonds is 2. The van der Waals surface area contributed by atoms with E-state index >= 15 is 0 Å². The Labute approximate surface area is 198 Å². The van der Waals surface area contributed by atoms with Crippen molar-refractivity contribution in [1.29, 1.82) is 0 Å². The fraction of sp³-hybridized carbons (Fsp3) is 0.208. The second-order valence-corrected chi connectivity index (χ2v) is 8.82. The van der Waals surface area contributed by atoms with Gasteiger partial charge in [0.05, 0.1) is 11.0 Å². The third-order valence-corrected chi connectivity index (χ3v) is 6.87. The number of fused-ring (bicyclic) bond motifs is 6. The van der Waals surface area contributed by atoms with Crippen molar-refractivity contribution in [3.63, 3.8) is 0 Å². The van der Waals surface area contributed by atoms with Crippen LogP contribution in [0.3, 0.4) is 0 Å². The molecule has 1 aliphatic carbocycles. The van der Waals surface area contributed by atoms with Gasteiger partial charge in [0.15, 0.2) is 10.5 Å². The van der Waals surface area contributed by atoms with Gasteiger partial charge in [0.2, 0.25) is 0 Å². The number of hydrogen-bond acceptors (Lipinski definition) is 7. The number of hydrogen-bond donors (Lipinski definition) is 0. The molecule has 1 spiro atoms. The molecule has 0 amide bonds. The Morgan fingerprint density at radius 1 is 0.970 bits per heavy atom. The van der Waals surface area contributed by atoms with Gasteiger partial charge in [0.1, 0.15) is 23.0 Å². The molecule has 9 heteroatoms. The largest absolute Gasteiger partial charge is 0.456 e. The maximum Gasteiger partial charge on any atom is 0.334 e. The Morgan fingerprint density at radius 2 is 1.52 bits per heavy atom. The first-order valence-corrected chi connectivity index (χ1v) is 10.7. The summed E-state index contributed by atoms with van der Waals surface area (Å²) in [5.41, 5.74) is -0.387. The zero-order chi connectivity index (χ0) is 23.5. The minimum atomic E-state index is -1.63. The van der Waals surface area contributed by atoms with Crippen LogP contribution >= 0.6 is 23.2 Å². The van der Waals surface area contributed by atoms with E-state index in [2.05, 4.69) is 0 Å². The second kappa shape index (κ2) is 7.37. The Kier molecular flexibility index (Phi) is 4.81. The summed E-state index contributed by atoms with van der Waals surface area (Å²) in [6, 6.07) is 9.52. The SMILES string of the molecule is CC(=O)Oc1ccc2c(c1)Oc1cc(OC(C)=O)ccc1C21OC(=O)C2(Cl)C(Cl)=CC=CC21. The molecule has 0 N–H and O–H groups in total. The van der Waals surface area contributed by atoms with E-state index in [1.165, 1.54) is 26.0 Å². The second-order valence-electron chi connectivity index (χ2n) is 7.82. The van der Waals surface area contributed by atoms with E-state index in [0.717, 1.165) is 0 Å². The summed E-state index contributed by atoms with van der Waals surface area (Å²) in [5.74, 6) is -1.37. The molecule has 168 valence electrons. The van der Waals surface area contributed by atoms with E-state index in [0.29, 0.717) is 11.1 Å². The maximum atomic E-state index is 13.2. The van der Waals surface area contributed by atoms with Crippen LogP contribution in [-0.2, 0) is 24.7 Å². The standard InChI is InChI=1S/C24H16Cl2O7/c1-12(27)30-14-6-8-16-18(10-14)32-19-11-15(31-13(2)28)7-9-17(19)24(16)20-4-3-5-21(25)23(20,26)22(29)33-24/h3-11,20H,1-2H3. The highest BCUT2D eigenvalue weighted by Crippen LogP contribution is 2.63. The highest BCUT2D eigenvalue weighted by molar-refractivity contribution is 6.47. The van der Waals surface area contributed by atoms with E-state index in [1.807, 2.05) is 0 Å². The predicted molar refractivity (Wildman–Crippen MR) is 118 cm³/mol. The average molecular weight is 487 g/mol. The fourth-order valence-corrected chi connectivity index (χ4v) is 5.13. The molecule has 2 aromatic carbocycles. The molecule has 2 unspecified atom stereocenters. The van der Waals surface area contributed by atoms with Crippen LogP contribution in [0.2, 0.25) is 0 Å². The Bertz CT molecular complexity index is 1230. The van der Waals surface area contributed by atoms with Crippen molar-refractivity contribution in [2.24, 2.45) is 5.92 Å². The van der Waals surface area contributed by atoms with Gasteiger partial charge in [-0.3, -0.25) is 9.59 Å². The summed E-state index contributed by atoms with van der Waals surface area (Å²) in [6.45, 7) is 2.56. The number of benzene rings is 2. The van der Waals surface area contributed by atoms with Crippen molar-refractivity contribution in [2.45, 2.75) is 24.3 Å². The zero-order valence-corrected chi connectivity index (χ0v) is 18.9. The molecule has 33 heavy (non-hydrogen) atoms. The van der Waals surface area contributed by atoms with Crippen LogP contribution in [0, 0.1) is 5.92 Å². The summed E-state index contributed by atoms with van der Waals surface area (Å²) in [7, 11) is 0. The number of ether oxygens (including phenoxy) is 4. The molecule has 2 aliphatic heterocycles. The first-order valence-electron chi connectivity index (χ1n) is 9.97. The lowest BCUT2D eigenvalue weighted by Crippen LogP contribution is -2.43. The van der Waals surface area contributed by atoms with E-state index < -0.39 is 34.3 Å². The van der Waals surface area contributed by atoms with Crippen LogP contribution in [0.4, 0.5) is 0 Å². The summed E-state index contributed by atoms with van der Waals surface area (Å²) < 4.78 is 22.5. The zero-order valence-electron chi connectivity index (χ0n) is 17.4. The highest BCUT2D eigenvalue weighted by atomic mass is 35.5. The summed E-state index contributed by atoms with van der Waals surface area (Å²) in [5, 5.41) is 0.140. The van der Waals surface area contributed by atoms with Crippen molar-refractivity contribution in [3.8, 4) is 23.0 Å². The van der Waals surface area contributed by atoms with Gasteiger partial charge in [-0.15, -0.1) is 0 Å². The lowest BCUT2D eigenvalue weighted by Gasteiger charge is -2.40. The van der Waals surface area contributed by atoms with Crippen LogP contribution in [0.1, 0.15) is 25.0 Å². The fourth-order valence-electron chi connectivity index (χ4n) is 4.53. The molecule has 3 aliphatic rings. The third kappa shape index (κ3) is 3.07. The van der Waals surface area contributed by atoms with Gasteiger partial charge < -0.3 is 18.9 Å². The van der Waals surface area contributed by atoms with Gasteiger partial charge in [0.25, 0.3) is 0 Å². The first-order chi connectivity index (χ1) is 15.7. The molecular weight excluding hydrogens is 471 g/mol. The number of carbonyl (C=O) groups is 3. The number of esters is 3. The molecule has 5 rings (SSSR count). The molecule has 2 atom stereocenters. The van der Waals surface area contributed by atoms with Gasteiger partial charge >= 0.3 is 17.9 Å². The van der Waals surface area contributed by atoms with Gasteiger partial charge in [0, 0.05) is 37.1 Å². The number of alkyl halides is 1. The van der Waals surface area contributed by atoms with E-state index in [-0.39, 0.29) is 28.0 Å². The lowest BCUT2D eigenvalue weighted by atomic mass is 9.69. The molecule has 2 aromatic rings. The number of allylic oxidation sites excluding steroid dienone is 2. The van der Waals surface area contributed by atoms with Crippen LogP contribution in [-0.4, -0.2) is 22.8 Å². The maximum absolute atomic E-state index is 13.2. The van der Waals surface area contributed by atoms with Crippen LogP contribution in [0.5, 0.6) is 23.0 Å². The Morgan fingerprint density at radius 3 is 2.03 bits per heavy atom. The summed E-state index contributed by atoms with van der Waals surface area (Å²) >= 11 is 13.2. The predicted octanol–water partition coefficient (Wildman–Crippen LogP) is 4.73. The van der Waals surface area contributed by atoms with Crippen molar-refractivity contribution in [1.82, 2.24) is 0 Å². The molecule has 1 fully saturated rings. The molecule has 1 saturated heterocycles. The van der Waals surface area contributed by atoms with Crippen molar-refractivity contribution in [2.75, 3.05) is 0 Å². The molecule has 0 bridgehead atoms. The first kappa shape index (κ1) is 21.6. The van der Waals surface area contributed by atoms with E-state index in [4.69, 9.17) is 42.1 Å². The van der Waals surface area contributed by atoms with Gasteiger partial charge in [-0.05, 0) is 30.3 Å². The van der Waals surface area contributed by atoms with Gasteiger partial charge in [-0.2, -0.15) is 0 Å². The molecule has 0 radical (unpaired) electrons. The molecule has 2 heterocycles. The van der Waals surface area contributed by atoms with Crippen LogP contribution < -0.4 is 14.2 Å². The molecule has 7 nitrogen and oxygen atoms in total. The summed E-state index contributed by atoms with van der Waals surface area (Å²) in [4.78, 5) is 34.4. The number of halogens is 2. The quantitative estimate of drug-likeness (QED) is 0.344. The van der Waals surface area contributed by atoms with Gasteiger partial charge in [-0.1, -0.05) is 35.4 Å². The Hall–Kier alpha value is -3.29. The molecule has 0 saturated carbocycles. The molecule has 0 aromatic heterocycles. The van der Waals surface area contributed by atoms with Crippen molar-refractivity contribution >= 4 is 41.1 Å². The van der Waals surface area contributed by atoms with Crippen LogP contribution in [0.15, 0.2) is 59.7 Å². The minimum absolute atomic E-state index is 0.140. The summed E-state index contributed by atoms with van der Waals surface area (Å²) in [6.07, 6.45) is 5.04. The molecular formula is C24H16Cl2O7. The normalized spacial score (nSPS) is 23.5. The minimum Gasteiger partial charge on any atom is -0.456 e. The third-order valence-electron chi connectivity index (χ3n) is 5.76. The number of carbonyl (C=O) groups excluding carboxylic acids is 3. The highest BCUT2D eigenvalue weighted by Gasteiger charge is 2.69. The van der Waals surface area contributed by atoms with E-state index in [9.17, 15) is 14.4 Å². The average Bonchev–Trinajstić information content (AvgIpc) is 2.96. The van der Waals surface area contributed by atoms with Crippen molar-refractivity contribution in [3.05, 3.63) is 70.8 Å². The van der Waals surface area contributed by atoms with Crippen molar-refractivity contribution < 1.29 is 33.3 Å². The lowest BCUT2D eigenvalue weighted by molar-refractivity contribution is -0.148. The van der Waals surface area contributed by atoms with Gasteiger partial charge in [-0.25, -0.2) is 4.79 Å². The smallest absolute Gasteiger partial charge is 0.334 e.